The summed E-state index contributed by atoms with van der Waals surface area (Å²) in [5.74, 6) is -0.743. The number of aromatic hydroxyl groups is 2. The molecule has 1 aromatic carbocycles. The summed E-state index contributed by atoms with van der Waals surface area (Å²) in [6.07, 6.45) is 0. The van der Waals surface area contributed by atoms with Gasteiger partial charge in [-0.1, -0.05) is 0 Å². The lowest BCUT2D eigenvalue weighted by molar-refractivity contribution is 0.445. The number of rotatable bonds is 1. The second kappa shape index (κ2) is 2.65. The van der Waals surface area contributed by atoms with Gasteiger partial charge in [-0.2, -0.15) is 0 Å². The van der Waals surface area contributed by atoms with Crippen LogP contribution in [0, 0.1) is 0 Å². The fourth-order valence-corrected chi connectivity index (χ4v) is 1.38. The number of phenols is 2. The van der Waals surface area contributed by atoms with Crippen LogP contribution in [0.25, 0.3) is 0 Å². The molecule has 5 nitrogen and oxygen atoms in total. The van der Waals surface area contributed by atoms with Crippen molar-refractivity contribution >= 4 is 10.0 Å². The largest absolute Gasteiger partial charge is 0.508 e. The fraction of sp³-hybridized carbons (Fsp3) is 0. The summed E-state index contributed by atoms with van der Waals surface area (Å²) in [7, 11) is -3.97. The van der Waals surface area contributed by atoms with Gasteiger partial charge in [-0.15, -0.1) is 0 Å². The molecule has 0 atom stereocenters. The minimum Gasteiger partial charge on any atom is -0.508 e. The molecule has 0 saturated carbocycles. The Hall–Kier alpha value is -1.27. The van der Waals surface area contributed by atoms with E-state index in [0.717, 1.165) is 18.2 Å². The Morgan fingerprint density at radius 1 is 1.25 bits per heavy atom. The van der Waals surface area contributed by atoms with Crippen LogP contribution in [-0.4, -0.2) is 18.6 Å². The third-order valence-corrected chi connectivity index (χ3v) is 2.19. The van der Waals surface area contributed by atoms with E-state index in [1.54, 1.807) is 0 Å². The van der Waals surface area contributed by atoms with Gasteiger partial charge in [0, 0.05) is 6.07 Å². The summed E-state index contributed by atoms with van der Waals surface area (Å²) in [4.78, 5) is -0.484. The van der Waals surface area contributed by atoms with Crippen molar-refractivity contribution in [3.63, 3.8) is 0 Å². The molecule has 0 aliphatic heterocycles. The maximum Gasteiger partial charge on any atom is 0.241 e. The van der Waals surface area contributed by atoms with Gasteiger partial charge in [-0.05, 0) is 12.1 Å². The maximum atomic E-state index is 10.7. The zero-order valence-corrected chi connectivity index (χ0v) is 6.75. The molecule has 1 rings (SSSR count). The van der Waals surface area contributed by atoms with Gasteiger partial charge >= 0.3 is 0 Å². The van der Waals surface area contributed by atoms with Gasteiger partial charge in [0.2, 0.25) is 10.0 Å². The number of benzene rings is 1. The van der Waals surface area contributed by atoms with Gasteiger partial charge in [0.25, 0.3) is 0 Å². The normalized spacial score (nSPS) is 11.4. The highest BCUT2D eigenvalue weighted by Gasteiger charge is 2.13. The van der Waals surface area contributed by atoms with E-state index in [-0.39, 0.29) is 5.75 Å². The van der Waals surface area contributed by atoms with Crippen LogP contribution in [0.4, 0.5) is 0 Å². The topological polar surface area (TPSA) is 101 Å². The Bertz CT molecular complexity index is 398. The van der Waals surface area contributed by atoms with Gasteiger partial charge < -0.3 is 10.2 Å². The number of nitrogens with two attached hydrogens (primary N) is 1. The molecule has 6 heteroatoms. The predicted octanol–water partition coefficient (Wildman–Crippen LogP) is -0.255. The van der Waals surface area contributed by atoms with Crippen molar-refractivity contribution < 1.29 is 18.6 Å². The van der Waals surface area contributed by atoms with Crippen LogP contribution < -0.4 is 5.14 Å². The van der Waals surface area contributed by atoms with E-state index in [1.165, 1.54) is 0 Å². The summed E-state index contributed by atoms with van der Waals surface area (Å²) < 4.78 is 21.4. The smallest absolute Gasteiger partial charge is 0.241 e. The lowest BCUT2D eigenvalue weighted by Gasteiger charge is -2.01. The number of hydrogen-bond acceptors (Lipinski definition) is 4. The van der Waals surface area contributed by atoms with E-state index >= 15 is 0 Å². The molecule has 0 aliphatic carbocycles. The van der Waals surface area contributed by atoms with Crippen molar-refractivity contribution in [1.29, 1.82) is 0 Å². The molecule has 0 bridgehead atoms. The molecule has 66 valence electrons. The Morgan fingerprint density at radius 3 is 2.25 bits per heavy atom. The molecule has 0 radical (unpaired) electrons. The second-order valence-electron chi connectivity index (χ2n) is 2.20. The van der Waals surface area contributed by atoms with Crippen LogP contribution in [0.15, 0.2) is 23.1 Å². The Balaban J connectivity index is 3.43. The molecule has 0 aliphatic rings. The molecule has 0 saturated heterocycles. The van der Waals surface area contributed by atoms with E-state index in [0.29, 0.717) is 0 Å². The fourth-order valence-electron chi connectivity index (χ4n) is 0.731. The van der Waals surface area contributed by atoms with E-state index in [2.05, 4.69) is 0 Å². The first-order valence-corrected chi connectivity index (χ1v) is 4.50. The standard InChI is InChI=1S/C6H7NO4S/c7-12(10,11)6-3-4(8)1-2-5(6)9/h1-3,8-9H,(H2,7,10,11). The van der Waals surface area contributed by atoms with Crippen LogP contribution in [0.3, 0.4) is 0 Å². The molecule has 0 amide bonds. The van der Waals surface area contributed by atoms with Crippen molar-refractivity contribution in [1.82, 2.24) is 0 Å². The average molecular weight is 189 g/mol. The Kier molecular flexibility index (Phi) is 1.95. The minimum absolute atomic E-state index is 0.267. The lowest BCUT2D eigenvalue weighted by Crippen LogP contribution is -2.12. The maximum absolute atomic E-state index is 10.7. The molecule has 4 N–H and O–H groups in total. The molecule has 0 unspecified atom stereocenters. The lowest BCUT2D eigenvalue weighted by atomic mass is 10.3. The molecule has 12 heavy (non-hydrogen) atoms. The van der Waals surface area contributed by atoms with Gasteiger partial charge in [-0.25, -0.2) is 13.6 Å². The molecular weight excluding hydrogens is 182 g/mol. The van der Waals surface area contributed by atoms with Crippen LogP contribution in [0.1, 0.15) is 0 Å². The summed E-state index contributed by atoms with van der Waals surface area (Å²) in [5, 5.41) is 22.6. The second-order valence-corrected chi connectivity index (χ2v) is 3.73. The molecular formula is C6H7NO4S. The third kappa shape index (κ3) is 1.66. The van der Waals surface area contributed by atoms with Crippen LogP contribution in [0.5, 0.6) is 11.5 Å². The molecule has 0 spiro atoms. The summed E-state index contributed by atoms with van der Waals surface area (Å²) in [6, 6.07) is 3.09. The number of phenolic OH excluding ortho intramolecular Hbond substituents is 2. The van der Waals surface area contributed by atoms with E-state index in [4.69, 9.17) is 15.4 Å². The SMILES string of the molecule is NS(=O)(=O)c1cc(O)ccc1O. The first-order valence-electron chi connectivity index (χ1n) is 2.96. The Labute approximate surface area is 69.1 Å². The van der Waals surface area contributed by atoms with Gasteiger partial charge in [0.15, 0.2) is 0 Å². The van der Waals surface area contributed by atoms with Gasteiger partial charge in [-0.3, -0.25) is 0 Å². The number of primary sulfonamides is 1. The van der Waals surface area contributed by atoms with Crippen molar-refractivity contribution in [3.05, 3.63) is 18.2 Å². The highest BCUT2D eigenvalue weighted by Crippen LogP contribution is 2.24. The summed E-state index contributed by atoms with van der Waals surface area (Å²) in [6.45, 7) is 0. The zero-order chi connectivity index (χ0) is 9.35. The Morgan fingerprint density at radius 2 is 1.83 bits per heavy atom. The highest BCUT2D eigenvalue weighted by atomic mass is 32.2. The van der Waals surface area contributed by atoms with E-state index < -0.39 is 20.7 Å². The summed E-state index contributed by atoms with van der Waals surface area (Å²) in [5.41, 5.74) is 0. The highest BCUT2D eigenvalue weighted by molar-refractivity contribution is 7.89. The quantitative estimate of drug-likeness (QED) is 0.530. The first kappa shape index (κ1) is 8.82. The number of hydrogen-bond donors (Lipinski definition) is 3. The molecule has 0 aromatic heterocycles. The summed E-state index contributed by atoms with van der Waals surface area (Å²) >= 11 is 0. The van der Waals surface area contributed by atoms with Gasteiger partial charge in [0.1, 0.15) is 16.4 Å². The van der Waals surface area contributed by atoms with Crippen LogP contribution in [-0.2, 0) is 10.0 Å². The minimum atomic E-state index is -3.97. The molecule has 0 heterocycles. The predicted molar refractivity (Wildman–Crippen MR) is 41.1 cm³/mol. The average Bonchev–Trinajstić information content (AvgIpc) is 1.92. The third-order valence-electron chi connectivity index (χ3n) is 1.25. The van der Waals surface area contributed by atoms with E-state index in [9.17, 15) is 8.42 Å². The van der Waals surface area contributed by atoms with Crippen molar-refractivity contribution in [2.45, 2.75) is 4.90 Å². The monoisotopic (exact) mass is 189 g/mol. The molecule has 1 aromatic rings. The number of sulfonamides is 1. The van der Waals surface area contributed by atoms with E-state index in [1.807, 2.05) is 0 Å². The molecule has 0 fully saturated rings. The van der Waals surface area contributed by atoms with Crippen LogP contribution >= 0.6 is 0 Å². The van der Waals surface area contributed by atoms with Gasteiger partial charge in [0.05, 0.1) is 0 Å². The van der Waals surface area contributed by atoms with Crippen molar-refractivity contribution in [3.8, 4) is 11.5 Å². The van der Waals surface area contributed by atoms with Crippen LogP contribution in [0.2, 0.25) is 0 Å². The zero-order valence-electron chi connectivity index (χ0n) is 5.93. The first-order chi connectivity index (χ1) is 5.41. The van der Waals surface area contributed by atoms with Crippen molar-refractivity contribution in [2.24, 2.45) is 5.14 Å². The van der Waals surface area contributed by atoms with Crippen molar-refractivity contribution in [2.75, 3.05) is 0 Å².